The average molecular weight is 444 g/mol. The summed E-state index contributed by atoms with van der Waals surface area (Å²) in [7, 11) is -2.51. The minimum atomic E-state index is -3.96. The third-order valence-corrected chi connectivity index (χ3v) is 6.84. The molecule has 0 saturated carbocycles. The number of halogens is 1. The molecule has 0 bridgehead atoms. The number of nitrogens with one attached hydrogen (secondary N) is 1. The molecular weight excluding hydrogens is 422 g/mol. The monoisotopic (exact) mass is 443 g/mol. The highest BCUT2D eigenvalue weighted by Crippen LogP contribution is 2.24. The van der Waals surface area contributed by atoms with Crippen molar-refractivity contribution < 1.29 is 13.2 Å². The third kappa shape index (κ3) is 4.80. The van der Waals surface area contributed by atoms with Crippen LogP contribution in [0.5, 0.6) is 0 Å². The molecule has 8 heteroatoms. The first-order valence-electron chi connectivity index (χ1n) is 9.32. The van der Waals surface area contributed by atoms with Crippen LogP contribution in [0.3, 0.4) is 0 Å². The van der Waals surface area contributed by atoms with E-state index in [0.717, 1.165) is 15.4 Å². The van der Waals surface area contributed by atoms with Crippen molar-refractivity contribution in [3.63, 3.8) is 0 Å². The third-order valence-electron chi connectivity index (χ3n) is 4.63. The number of rotatable bonds is 7. The SMILES string of the molecule is Cc1cncc(N(C)S(=O)(=O)c2ccccc2C(=O)NCCc2ccccc2Cl)c1. The van der Waals surface area contributed by atoms with Gasteiger partial charge in [0.1, 0.15) is 4.90 Å². The van der Waals surface area contributed by atoms with Crippen LogP contribution in [0.2, 0.25) is 5.02 Å². The Morgan fingerprint density at radius 3 is 2.53 bits per heavy atom. The Morgan fingerprint density at radius 1 is 1.10 bits per heavy atom. The molecule has 0 aliphatic rings. The van der Waals surface area contributed by atoms with Crippen molar-refractivity contribution in [3.8, 4) is 0 Å². The molecule has 6 nitrogen and oxygen atoms in total. The fourth-order valence-electron chi connectivity index (χ4n) is 2.98. The van der Waals surface area contributed by atoms with Crippen molar-refractivity contribution in [2.45, 2.75) is 18.2 Å². The highest BCUT2D eigenvalue weighted by molar-refractivity contribution is 7.92. The van der Waals surface area contributed by atoms with Crippen molar-refractivity contribution in [2.75, 3.05) is 17.9 Å². The van der Waals surface area contributed by atoms with Crippen LogP contribution in [0.25, 0.3) is 0 Å². The zero-order chi connectivity index (χ0) is 21.7. The van der Waals surface area contributed by atoms with Crippen LogP contribution in [-0.2, 0) is 16.4 Å². The van der Waals surface area contributed by atoms with E-state index in [4.69, 9.17) is 11.6 Å². The van der Waals surface area contributed by atoms with Crippen LogP contribution in [-0.4, -0.2) is 32.9 Å². The Morgan fingerprint density at radius 2 is 1.80 bits per heavy atom. The number of anilines is 1. The molecule has 30 heavy (non-hydrogen) atoms. The van der Waals surface area contributed by atoms with Gasteiger partial charge in [-0.1, -0.05) is 41.9 Å². The molecule has 1 amide bonds. The quantitative estimate of drug-likeness (QED) is 0.601. The van der Waals surface area contributed by atoms with E-state index in [1.165, 1.54) is 25.4 Å². The normalized spacial score (nSPS) is 11.2. The molecule has 3 rings (SSSR count). The number of carbonyl (C=O) groups excluding carboxylic acids is 1. The molecule has 2 aromatic carbocycles. The lowest BCUT2D eigenvalue weighted by atomic mass is 10.1. The maximum Gasteiger partial charge on any atom is 0.264 e. The molecule has 0 aliphatic carbocycles. The summed E-state index contributed by atoms with van der Waals surface area (Å²) >= 11 is 6.14. The summed E-state index contributed by atoms with van der Waals surface area (Å²) < 4.78 is 27.5. The molecule has 0 fully saturated rings. The van der Waals surface area contributed by atoms with Gasteiger partial charge in [-0.2, -0.15) is 0 Å². The molecular formula is C22H22ClN3O3S. The molecule has 1 heterocycles. The molecule has 0 saturated heterocycles. The first kappa shape index (κ1) is 21.8. The van der Waals surface area contributed by atoms with Gasteiger partial charge in [0.2, 0.25) is 0 Å². The van der Waals surface area contributed by atoms with Crippen LogP contribution >= 0.6 is 11.6 Å². The topological polar surface area (TPSA) is 79.4 Å². The van der Waals surface area contributed by atoms with Gasteiger partial charge in [-0.25, -0.2) is 8.42 Å². The maximum absolute atomic E-state index is 13.2. The molecule has 0 aliphatic heterocycles. The number of aryl methyl sites for hydroxylation is 1. The summed E-state index contributed by atoms with van der Waals surface area (Å²) in [6.45, 7) is 2.16. The molecule has 0 radical (unpaired) electrons. The predicted octanol–water partition coefficient (Wildman–Crippen LogP) is 3.84. The number of sulfonamides is 1. The predicted molar refractivity (Wildman–Crippen MR) is 118 cm³/mol. The molecule has 156 valence electrons. The van der Waals surface area contributed by atoms with E-state index in [0.29, 0.717) is 23.7 Å². The van der Waals surface area contributed by atoms with Gasteiger partial charge in [0.25, 0.3) is 15.9 Å². The number of pyridine rings is 1. The van der Waals surface area contributed by atoms with E-state index in [1.807, 2.05) is 25.1 Å². The summed E-state index contributed by atoms with van der Waals surface area (Å²) in [6.07, 6.45) is 3.65. The molecule has 1 aromatic heterocycles. The Hall–Kier alpha value is -2.90. The second kappa shape index (κ2) is 9.28. The summed E-state index contributed by atoms with van der Waals surface area (Å²) in [4.78, 5) is 16.7. The van der Waals surface area contributed by atoms with Crippen LogP contribution < -0.4 is 9.62 Å². The number of nitrogens with zero attached hydrogens (tertiary/aromatic N) is 2. The second-order valence-electron chi connectivity index (χ2n) is 6.79. The number of hydrogen-bond donors (Lipinski definition) is 1. The smallest absolute Gasteiger partial charge is 0.264 e. The van der Waals surface area contributed by atoms with Gasteiger partial charge in [0.05, 0.1) is 17.4 Å². The number of amides is 1. The van der Waals surface area contributed by atoms with E-state index in [2.05, 4.69) is 10.3 Å². The van der Waals surface area contributed by atoms with Crippen LogP contribution in [0, 0.1) is 6.92 Å². The molecule has 0 atom stereocenters. The van der Waals surface area contributed by atoms with E-state index in [9.17, 15) is 13.2 Å². The highest BCUT2D eigenvalue weighted by Gasteiger charge is 2.27. The largest absolute Gasteiger partial charge is 0.352 e. The fraction of sp³-hybridized carbons (Fsp3) is 0.182. The summed E-state index contributed by atoms with van der Waals surface area (Å²) in [6, 6.07) is 15.3. The summed E-state index contributed by atoms with van der Waals surface area (Å²) in [5.41, 5.74) is 2.25. The minimum absolute atomic E-state index is 0.0655. The molecule has 0 spiro atoms. The van der Waals surface area contributed by atoms with E-state index < -0.39 is 15.9 Å². The molecule has 1 N–H and O–H groups in total. The second-order valence-corrected chi connectivity index (χ2v) is 9.13. The first-order chi connectivity index (χ1) is 14.3. The first-order valence-corrected chi connectivity index (χ1v) is 11.1. The molecule has 0 unspecified atom stereocenters. The fourth-order valence-corrected chi connectivity index (χ4v) is 4.58. The van der Waals surface area contributed by atoms with Gasteiger partial charge in [-0.05, 0) is 48.7 Å². The van der Waals surface area contributed by atoms with Crippen molar-refractivity contribution in [3.05, 3.63) is 88.7 Å². The number of carbonyl (C=O) groups is 1. The minimum Gasteiger partial charge on any atom is -0.352 e. The van der Waals surface area contributed by atoms with Gasteiger partial charge in [-0.3, -0.25) is 14.1 Å². The number of benzene rings is 2. The van der Waals surface area contributed by atoms with Crippen LogP contribution in [0.4, 0.5) is 5.69 Å². The Bertz CT molecular complexity index is 1170. The highest BCUT2D eigenvalue weighted by atomic mass is 35.5. The maximum atomic E-state index is 13.2. The van der Waals surface area contributed by atoms with Crippen molar-refractivity contribution in [2.24, 2.45) is 0 Å². The van der Waals surface area contributed by atoms with E-state index in [-0.39, 0.29) is 10.5 Å². The standard InChI is InChI=1S/C22H22ClN3O3S/c1-16-13-18(15-24-14-16)26(2)30(28,29)21-10-6-4-8-19(21)22(27)25-12-11-17-7-3-5-9-20(17)23/h3-10,13-15H,11-12H2,1-2H3,(H,25,27). The Balaban J connectivity index is 1.81. The van der Waals surface area contributed by atoms with Crippen LogP contribution in [0.15, 0.2) is 71.9 Å². The molecule has 3 aromatic rings. The van der Waals surface area contributed by atoms with Crippen molar-refractivity contribution in [1.82, 2.24) is 10.3 Å². The van der Waals surface area contributed by atoms with Crippen molar-refractivity contribution in [1.29, 1.82) is 0 Å². The Kier molecular flexibility index (Phi) is 6.74. The average Bonchev–Trinajstić information content (AvgIpc) is 2.74. The van der Waals surface area contributed by atoms with E-state index >= 15 is 0 Å². The lowest BCUT2D eigenvalue weighted by molar-refractivity contribution is 0.0951. The van der Waals surface area contributed by atoms with Gasteiger partial charge in [-0.15, -0.1) is 0 Å². The van der Waals surface area contributed by atoms with Gasteiger partial charge in [0, 0.05) is 24.8 Å². The van der Waals surface area contributed by atoms with Gasteiger partial charge < -0.3 is 5.32 Å². The zero-order valence-electron chi connectivity index (χ0n) is 16.7. The van der Waals surface area contributed by atoms with Crippen LogP contribution in [0.1, 0.15) is 21.5 Å². The number of aromatic nitrogens is 1. The lowest BCUT2D eigenvalue weighted by Crippen LogP contribution is -2.31. The van der Waals surface area contributed by atoms with E-state index in [1.54, 1.807) is 30.5 Å². The summed E-state index contributed by atoms with van der Waals surface area (Å²) in [5.74, 6) is -0.461. The summed E-state index contributed by atoms with van der Waals surface area (Å²) in [5, 5.41) is 3.41. The van der Waals surface area contributed by atoms with Crippen molar-refractivity contribution >= 4 is 33.2 Å². The zero-order valence-corrected chi connectivity index (χ0v) is 18.2. The van der Waals surface area contributed by atoms with Gasteiger partial charge >= 0.3 is 0 Å². The number of hydrogen-bond acceptors (Lipinski definition) is 4. The Labute approximate surface area is 181 Å². The van der Waals surface area contributed by atoms with Gasteiger partial charge in [0.15, 0.2) is 0 Å². The lowest BCUT2D eigenvalue weighted by Gasteiger charge is -2.21.